The van der Waals surface area contributed by atoms with Gasteiger partial charge in [-0.2, -0.15) is 0 Å². The molecule has 0 aromatic rings. The molecule has 0 radical (unpaired) electrons. The lowest BCUT2D eigenvalue weighted by Crippen LogP contribution is -2.37. The van der Waals surface area contributed by atoms with E-state index in [4.69, 9.17) is 0 Å². The van der Waals surface area contributed by atoms with Crippen LogP contribution in [0.4, 0.5) is 0 Å². The van der Waals surface area contributed by atoms with Crippen molar-refractivity contribution in [1.29, 1.82) is 0 Å². The van der Waals surface area contributed by atoms with Gasteiger partial charge in [0.15, 0.2) is 0 Å². The van der Waals surface area contributed by atoms with Crippen LogP contribution in [0.3, 0.4) is 0 Å². The smallest absolute Gasteiger partial charge is 0.223 e. The average molecular weight is 237 g/mol. The third-order valence-corrected chi connectivity index (χ3v) is 4.22. The Kier molecular flexibility index (Phi) is 4.60. The second kappa shape index (κ2) is 6.20. The molecule has 2 rings (SSSR count). The number of carbonyl (C=O) groups excluding carboxylic acids is 1. The van der Waals surface area contributed by atoms with E-state index < -0.39 is 0 Å². The maximum Gasteiger partial charge on any atom is 0.223 e. The van der Waals surface area contributed by atoms with Gasteiger partial charge in [0.2, 0.25) is 5.91 Å². The van der Waals surface area contributed by atoms with Crippen molar-refractivity contribution in [2.45, 2.75) is 38.5 Å². The number of hydrogen-bond donors (Lipinski definition) is 2. The van der Waals surface area contributed by atoms with E-state index in [1.54, 1.807) is 0 Å². The van der Waals surface area contributed by atoms with E-state index in [2.05, 4.69) is 17.5 Å². The topological polar surface area (TPSA) is 49.3 Å². The highest BCUT2D eigenvalue weighted by Gasteiger charge is 2.26. The third kappa shape index (κ3) is 3.32. The molecule has 0 aromatic heterocycles. The summed E-state index contributed by atoms with van der Waals surface area (Å²) in [5.74, 6) is 1.22. The zero-order chi connectivity index (χ0) is 12.1. The summed E-state index contributed by atoms with van der Waals surface area (Å²) in [6, 6.07) is 0. The number of aliphatic hydroxyl groups is 1. The average Bonchev–Trinajstić information content (AvgIpc) is 2.90. The number of carbonyl (C=O) groups is 1. The fourth-order valence-corrected chi connectivity index (χ4v) is 3.00. The fourth-order valence-electron chi connectivity index (χ4n) is 3.00. The molecule has 1 saturated carbocycles. The van der Waals surface area contributed by atoms with Gasteiger partial charge in [0, 0.05) is 19.1 Å². The standard InChI is InChI=1S/C14H23NO2/c16-10-13-8-4-3-7-12(13)9-15-14(17)11-5-1-2-6-11/h1-2,11-13,16H,3-10H2,(H,15,17). The number of rotatable bonds is 4. The molecular weight excluding hydrogens is 214 g/mol. The van der Waals surface area contributed by atoms with Crippen molar-refractivity contribution in [3.63, 3.8) is 0 Å². The molecule has 2 unspecified atom stereocenters. The van der Waals surface area contributed by atoms with E-state index >= 15 is 0 Å². The normalized spacial score (nSPS) is 29.5. The molecule has 2 N–H and O–H groups in total. The van der Waals surface area contributed by atoms with E-state index in [9.17, 15) is 9.90 Å². The number of aliphatic hydroxyl groups excluding tert-OH is 1. The number of amides is 1. The minimum atomic E-state index is 0.158. The molecule has 0 heterocycles. The highest BCUT2D eigenvalue weighted by Crippen LogP contribution is 2.29. The van der Waals surface area contributed by atoms with E-state index in [-0.39, 0.29) is 18.4 Å². The molecule has 0 spiro atoms. The van der Waals surface area contributed by atoms with E-state index in [0.29, 0.717) is 11.8 Å². The second-order valence-corrected chi connectivity index (χ2v) is 5.37. The Morgan fingerprint density at radius 2 is 1.82 bits per heavy atom. The van der Waals surface area contributed by atoms with Gasteiger partial charge in [-0.05, 0) is 37.5 Å². The number of nitrogens with one attached hydrogen (secondary N) is 1. The first-order chi connectivity index (χ1) is 8.31. The summed E-state index contributed by atoms with van der Waals surface area (Å²) < 4.78 is 0. The Labute approximate surface area is 103 Å². The minimum Gasteiger partial charge on any atom is -0.396 e. The van der Waals surface area contributed by atoms with Crippen molar-refractivity contribution < 1.29 is 9.90 Å². The van der Waals surface area contributed by atoms with Crippen molar-refractivity contribution in [3.8, 4) is 0 Å². The molecule has 2 atom stereocenters. The lowest BCUT2D eigenvalue weighted by molar-refractivity contribution is -0.125. The molecular formula is C14H23NO2. The van der Waals surface area contributed by atoms with Crippen LogP contribution in [0.15, 0.2) is 12.2 Å². The maximum absolute atomic E-state index is 11.9. The second-order valence-electron chi connectivity index (χ2n) is 5.37. The predicted molar refractivity (Wildman–Crippen MR) is 67.4 cm³/mol. The highest BCUT2D eigenvalue weighted by molar-refractivity contribution is 5.79. The van der Waals surface area contributed by atoms with Crippen molar-refractivity contribution in [2.24, 2.45) is 17.8 Å². The van der Waals surface area contributed by atoms with Crippen LogP contribution in [-0.4, -0.2) is 24.2 Å². The predicted octanol–water partition coefficient (Wildman–Crippen LogP) is 1.87. The first kappa shape index (κ1) is 12.6. The van der Waals surface area contributed by atoms with Gasteiger partial charge < -0.3 is 10.4 Å². The van der Waals surface area contributed by atoms with Crippen molar-refractivity contribution in [3.05, 3.63) is 12.2 Å². The maximum atomic E-state index is 11.9. The zero-order valence-electron chi connectivity index (χ0n) is 10.4. The van der Waals surface area contributed by atoms with Crippen molar-refractivity contribution >= 4 is 5.91 Å². The Hall–Kier alpha value is -0.830. The molecule has 2 aliphatic carbocycles. The number of hydrogen-bond acceptors (Lipinski definition) is 2. The summed E-state index contributed by atoms with van der Waals surface area (Å²) in [5.41, 5.74) is 0. The minimum absolute atomic E-state index is 0.158. The fraction of sp³-hybridized carbons (Fsp3) is 0.786. The van der Waals surface area contributed by atoms with Crippen LogP contribution < -0.4 is 5.32 Å². The lowest BCUT2D eigenvalue weighted by atomic mass is 9.79. The summed E-state index contributed by atoms with van der Waals surface area (Å²) in [4.78, 5) is 11.9. The molecule has 2 aliphatic rings. The zero-order valence-corrected chi connectivity index (χ0v) is 10.4. The van der Waals surface area contributed by atoms with Gasteiger partial charge in [-0.3, -0.25) is 4.79 Å². The Morgan fingerprint density at radius 3 is 2.47 bits per heavy atom. The summed E-state index contributed by atoms with van der Waals surface area (Å²) in [6.07, 6.45) is 10.7. The van der Waals surface area contributed by atoms with Crippen molar-refractivity contribution in [1.82, 2.24) is 5.32 Å². The molecule has 0 bridgehead atoms. The summed E-state index contributed by atoms with van der Waals surface area (Å²) >= 11 is 0. The lowest BCUT2D eigenvalue weighted by Gasteiger charge is -2.30. The van der Waals surface area contributed by atoms with Gasteiger partial charge >= 0.3 is 0 Å². The molecule has 3 heteroatoms. The van der Waals surface area contributed by atoms with E-state index in [0.717, 1.165) is 32.2 Å². The summed E-state index contributed by atoms with van der Waals surface area (Å²) in [5, 5.41) is 12.4. The molecule has 0 aromatic carbocycles. The van der Waals surface area contributed by atoms with Gasteiger partial charge in [-0.25, -0.2) is 0 Å². The Bertz CT molecular complexity index is 280. The van der Waals surface area contributed by atoms with Gasteiger partial charge in [0.05, 0.1) is 0 Å². The molecule has 96 valence electrons. The van der Waals surface area contributed by atoms with E-state index in [1.165, 1.54) is 12.8 Å². The Balaban J connectivity index is 1.74. The molecule has 0 saturated heterocycles. The van der Waals surface area contributed by atoms with Crippen LogP contribution in [0.1, 0.15) is 38.5 Å². The monoisotopic (exact) mass is 237 g/mol. The highest BCUT2D eigenvalue weighted by atomic mass is 16.3. The summed E-state index contributed by atoms with van der Waals surface area (Å²) in [6.45, 7) is 1.02. The third-order valence-electron chi connectivity index (χ3n) is 4.22. The van der Waals surface area contributed by atoms with Crippen LogP contribution in [0.5, 0.6) is 0 Å². The summed E-state index contributed by atoms with van der Waals surface area (Å²) in [7, 11) is 0. The van der Waals surface area contributed by atoms with Crippen LogP contribution in [0.2, 0.25) is 0 Å². The SMILES string of the molecule is O=C(NCC1CCCCC1CO)C1CC=CC1. The van der Waals surface area contributed by atoms with Gasteiger partial charge in [-0.15, -0.1) is 0 Å². The first-order valence-corrected chi connectivity index (χ1v) is 6.85. The van der Waals surface area contributed by atoms with Gasteiger partial charge in [0.1, 0.15) is 0 Å². The van der Waals surface area contributed by atoms with Gasteiger partial charge in [-0.1, -0.05) is 25.0 Å². The van der Waals surface area contributed by atoms with Crippen molar-refractivity contribution in [2.75, 3.05) is 13.2 Å². The van der Waals surface area contributed by atoms with Crippen LogP contribution in [0.25, 0.3) is 0 Å². The van der Waals surface area contributed by atoms with Crippen LogP contribution in [-0.2, 0) is 4.79 Å². The molecule has 1 amide bonds. The quantitative estimate of drug-likeness (QED) is 0.733. The first-order valence-electron chi connectivity index (χ1n) is 6.85. The largest absolute Gasteiger partial charge is 0.396 e. The van der Waals surface area contributed by atoms with Crippen LogP contribution in [0, 0.1) is 17.8 Å². The molecule has 17 heavy (non-hydrogen) atoms. The Morgan fingerprint density at radius 1 is 1.18 bits per heavy atom. The van der Waals surface area contributed by atoms with Gasteiger partial charge in [0.25, 0.3) is 0 Å². The number of allylic oxidation sites excluding steroid dienone is 2. The van der Waals surface area contributed by atoms with E-state index in [1.807, 2.05) is 0 Å². The molecule has 1 fully saturated rings. The van der Waals surface area contributed by atoms with Crippen LogP contribution >= 0.6 is 0 Å². The molecule has 3 nitrogen and oxygen atoms in total. The molecule has 0 aliphatic heterocycles.